The number of nitrogens with two attached hydrogens (primary N) is 1. The van der Waals surface area contributed by atoms with Gasteiger partial charge < -0.3 is 15.8 Å². The van der Waals surface area contributed by atoms with Crippen molar-refractivity contribution in [2.24, 2.45) is 0 Å². The van der Waals surface area contributed by atoms with Gasteiger partial charge in [-0.05, 0) is 53.2 Å². The smallest absolute Gasteiger partial charge is 0.261 e. The Kier molecular flexibility index (Phi) is 5.09. The Bertz CT molecular complexity index is 677. The number of benzene rings is 2. The Morgan fingerprint density at radius 3 is 2.81 bits per heavy atom. The fourth-order valence-electron chi connectivity index (χ4n) is 1.83. The first-order valence-corrected chi connectivity index (χ1v) is 7.47. The van der Waals surface area contributed by atoms with E-state index in [9.17, 15) is 4.79 Å². The van der Waals surface area contributed by atoms with Crippen LogP contribution in [0.2, 0.25) is 5.02 Å². The van der Waals surface area contributed by atoms with Crippen LogP contribution in [0.4, 0.5) is 11.4 Å². The SMILES string of the molecule is CCOc1cccc(N)c1C(=O)Nc1ccc(Cl)c(Br)c1. The van der Waals surface area contributed by atoms with E-state index in [-0.39, 0.29) is 5.91 Å². The second-order valence-corrected chi connectivity index (χ2v) is 5.50. The molecule has 4 nitrogen and oxygen atoms in total. The lowest BCUT2D eigenvalue weighted by atomic mass is 10.1. The predicted molar refractivity (Wildman–Crippen MR) is 89.1 cm³/mol. The van der Waals surface area contributed by atoms with E-state index in [0.717, 1.165) is 0 Å². The second-order valence-electron chi connectivity index (χ2n) is 4.24. The van der Waals surface area contributed by atoms with E-state index in [1.807, 2.05) is 6.92 Å². The van der Waals surface area contributed by atoms with E-state index in [2.05, 4.69) is 21.2 Å². The maximum Gasteiger partial charge on any atom is 0.261 e. The molecule has 0 aliphatic carbocycles. The predicted octanol–water partition coefficient (Wildman–Crippen LogP) is 4.34. The Morgan fingerprint density at radius 1 is 1.38 bits per heavy atom. The van der Waals surface area contributed by atoms with Crippen molar-refractivity contribution < 1.29 is 9.53 Å². The number of hydrogen-bond acceptors (Lipinski definition) is 3. The average molecular weight is 370 g/mol. The van der Waals surface area contributed by atoms with Gasteiger partial charge in [0.25, 0.3) is 5.91 Å². The van der Waals surface area contributed by atoms with Gasteiger partial charge in [0.2, 0.25) is 0 Å². The van der Waals surface area contributed by atoms with Crippen LogP contribution < -0.4 is 15.8 Å². The van der Waals surface area contributed by atoms with Crippen LogP contribution in [-0.4, -0.2) is 12.5 Å². The van der Waals surface area contributed by atoms with Gasteiger partial charge in [-0.1, -0.05) is 17.7 Å². The molecule has 2 aromatic carbocycles. The molecule has 0 radical (unpaired) electrons. The van der Waals surface area contributed by atoms with Gasteiger partial charge >= 0.3 is 0 Å². The fraction of sp³-hybridized carbons (Fsp3) is 0.133. The lowest BCUT2D eigenvalue weighted by molar-refractivity contribution is 0.102. The number of rotatable bonds is 4. The van der Waals surface area contributed by atoms with Crippen molar-refractivity contribution in [3.8, 4) is 5.75 Å². The van der Waals surface area contributed by atoms with Crippen molar-refractivity contribution in [3.63, 3.8) is 0 Å². The molecule has 0 saturated carbocycles. The minimum absolute atomic E-state index is 0.324. The highest BCUT2D eigenvalue weighted by atomic mass is 79.9. The molecule has 0 aliphatic heterocycles. The molecule has 0 aliphatic rings. The number of amides is 1. The summed E-state index contributed by atoms with van der Waals surface area (Å²) in [5.41, 5.74) is 7.19. The van der Waals surface area contributed by atoms with Gasteiger partial charge in [0.1, 0.15) is 11.3 Å². The number of ether oxygens (including phenoxy) is 1. The van der Waals surface area contributed by atoms with E-state index < -0.39 is 0 Å². The summed E-state index contributed by atoms with van der Waals surface area (Å²) in [4.78, 5) is 12.4. The minimum atomic E-state index is -0.328. The lowest BCUT2D eigenvalue weighted by Gasteiger charge is -2.13. The molecule has 0 atom stereocenters. The van der Waals surface area contributed by atoms with Crippen molar-refractivity contribution in [1.29, 1.82) is 0 Å². The summed E-state index contributed by atoms with van der Waals surface area (Å²) in [6.45, 7) is 2.30. The topological polar surface area (TPSA) is 64.3 Å². The Labute approximate surface area is 136 Å². The van der Waals surface area contributed by atoms with Crippen LogP contribution >= 0.6 is 27.5 Å². The van der Waals surface area contributed by atoms with E-state index >= 15 is 0 Å². The molecule has 1 amide bonds. The Balaban J connectivity index is 2.29. The number of nitrogens with one attached hydrogen (secondary N) is 1. The molecule has 2 rings (SSSR count). The third kappa shape index (κ3) is 3.68. The first-order valence-electron chi connectivity index (χ1n) is 6.30. The largest absolute Gasteiger partial charge is 0.493 e. The van der Waals surface area contributed by atoms with E-state index in [1.165, 1.54) is 0 Å². The summed E-state index contributed by atoms with van der Waals surface area (Å²) in [7, 11) is 0. The van der Waals surface area contributed by atoms with Crippen LogP contribution in [0.25, 0.3) is 0 Å². The quantitative estimate of drug-likeness (QED) is 0.788. The lowest BCUT2D eigenvalue weighted by Crippen LogP contribution is -2.15. The monoisotopic (exact) mass is 368 g/mol. The molecule has 21 heavy (non-hydrogen) atoms. The van der Waals surface area contributed by atoms with E-state index in [4.69, 9.17) is 22.1 Å². The Morgan fingerprint density at radius 2 is 2.14 bits per heavy atom. The molecule has 0 heterocycles. The number of carbonyl (C=O) groups excluding carboxylic acids is 1. The highest BCUT2D eigenvalue weighted by molar-refractivity contribution is 9.10. The molecule has 110 valence electrons. The maximum absolute atomic E-state index is 12.4. The molecule has 3 N–H and O–H groups in total. The molecular weight excluding hydrogens is 356 g/mol. The van der Waals surface area contributed by atoms with Crippen molar-refractivity contribution in [2.75, 3.05) is 17.7 Å². The number of halogens is 2. The first-order chi connectivity index (χ1) is 10.0. The third-order valence-corrected chi connectivity index (χ3v) is 3.98. The summed E-state index contributed by atoms with van der Waals surface area (Å²) in [6, 6.07) is 10.3. The molecule has 2 aromatic rings. The van der Waals surface area contributed by atoms with Gasteiger partial charge in [0, 0.05) is 15.8 Å². The molecule has 6 heteroatoms. The van der Waals surface area contributed by atoms with Crippen molar-refractivity contribution >= 4 is 44.8 Å². The maximum atomic E-state index is 12.4. The van der Waals surface area contributed by atoms with Gasteiger partial charge in [0.15, 0.2) is 0 Å². The van der Waals surface area contributed by atoms with Crippen LogP contribution in [0.5, 0.6) is 5.75 Å². The van der Waals surface area contributed by atoms with Crippen LogP contribution in [0.15, 0.2) is 40.9 Å². The van der Waals surface area contributed by atoms with Crippen LogP contribution in [0.1, 0.15) is 17.3 Å². The molecule has 0 fully saturated rings. The zero-order valence-corrected chi connectivity index (χ0v) is 13.7. The molecule has 0 spiro atoms. The molecule has 0 saturated heterocycles. The first kappa shape index (κ1) is 15.7. The summed E-state index contributed by atoms with van der Waals surface area (Å²) < 4.78 is 6.15. The van der Waals surface area contributed by atoms with Crippen molar-refractivity contribution in [1.82, 2.24) is 0 Å². The number of nitrogen functional groups attached to an aromatic ring is 1. The number of hydrogen-bond donors (Lipinski definition) is 2. The highest BCUT2D eigenvalue weighted by Gasteiger charge is 2.16. The summed E-state index contributed by atoms with van der Waals surface area (Å²) >= 11 is 9.24. The Hall–Kier alpha value is -1.72. The summed E-state index contributed by atoms with van der Waals surface area (Å²) in [6.07, 6.45) is 0. The third-order valence-electron chi connectivity index (χ3n) is 2.76. The molecule has 0 aromatic heterocycles. The van der Waals surface area contributed by atoms with Gasteiger partial charge in [-0.2, -0.15) is 0 Å². The van der Waals surface area contributed by atoms with Crippen LogP contribution in [0, 0.1) is 0 Å². The second kappa shape index (κ2) is 6.83. The standard InChI is InChI=1S/C15H14BrClN2O2/c1-2-21-13-5-3-4-12(18)14(13)15(20)19-9-6-7-11(17)10(16)8-9/h3-8H,2,18H2,1H3,(H,19,20). The van der Waals surface area contributed by atoms with Gasteiger partial charge in [-0.15, -0.1) is 0 Å². The van der Waals surface area contributed by atoms with Crippen molar-refractivity contribution in [2.45, 2.75) is 6.92 Å². The minimum Gasteiger partial charge on any atom is -0.493 e. The number of anilines is 2. The van der Waals surface area contributed by atoms with Crippen LogP contribution in [-0.2, 0) is 0 Å². The van der Waals surface area contributed by atoms with Gasteiger partial charge in [0.05, 0.1) is 11.6 Å². The summed E-state index contributed by atoms with van der Waals surface area (Å²) in [5.74, 6) is 0.133. The zero-order valence-electron chi connectivity index (χ0n) is 11.3. The normalized spacial score (nSPS) is 10.2. The van der Waals surface area contributed by atoms with Gasteiger partial charge in [-0.3, -0.25) is 4.79 Å². The average Bonchev–Trinajstić information content (AvgIpc) is 2.43. The number of carbonyl (C=O) groups is 1. The molecule has 0 unspecified atom stereocenters. The summed E-state index contributed by atoms with van der Waals surface area (Å²) in [5, 5.41) is 3.35. The molecule has 0 bridgehead atoms. The van der Waals surface area contributed by atoms with Crippen LogP contribution in [0.3, 0.4) is 0 Å². The van der Waals surface area contributed by atoms with Gasteiger partial charge in [-0.25, -0.2) is 0 Å². The zero-order chi connectivity index (χ0) is 15.4. The highest BCUT2D eigenvalue weighted by Crippen LogP contribution is 2.28. The van der Waals surface area contributed by atoms with E-state index in [1.54, 1.807) is 36.4 Å². The fourth-order valence-corrected chi connectivity index (χ4v) is 2.33. The molecular formula is C15H14BrClN2O2. The van der Waals surface area contributed by atoms with Crippen molar-refractivity contribution in [3.05, 3.63) is 51.5 Å². The van der Waals surface area contributed by atoms with E-state index in [0.29, 0.717) is 38.8 Å².